The van der Waals surface area contributed by atoms with Gasteiger partial charge in [-0.2, -0.15) is 8.97 Å². The maximum atomic E-state index is 11.7. The molecule has 0 aliphatic carbocycles. The fourth-order valence-corrected chi connectivity index (χ4v) is 3.17. The molecule has 0 unspecified atom stereocenters. The van der Waals surface area contributed by atoms with E-state index in [9.17, 15) is 20.1 Å². The summed E-state index contributed by atoms with van der Waals surface area (Å²) >= 11 is 1.17. The highest BCUT2D eigenvalue weighted by Crippen LogP contribution is 2.27. The Labute approximate surface area is 116 Å². The summed E-state index contributed by atoms with van der Waals surface area (Å²) in [6.45, 7) is -0.462. The number of aliphatic hydroxyl groups excluding tert-OH is 3. The topological polar surface area (TPSA) is 116 Å². The highest BCUT2D eigenvalue weighted by atomic mass is 32.1. The van der Waals surface area contributed by atoms with Gasteiger partial charge in [0.25, 0.3) is 5.88 Å². The number of aromatic nitrogens is 2. The van der Waals surface area contributed by atoms with Crippen molar-refractivity contribution in [2.24, 2.45) is 0 Å². The Hall–Kier alpha value is -1.52. The van der Waals surface area contributed by atoms with Gasteiger partial charge in [0.2, 0.25) is 6.23 Å². The molecule has 2 aromatic rings. The summed E-state index contributed by atoms with van der Waals surface area (Å²) < 4.78 is 7.87. The number of hydrogen-bond acceptors (Lipinski definition) is 7. The van der Waals surface area contributed by atoms with Crippen molar-refractivity contribution < 1.29 is 29.7 Å². The van der Waals surface area contributed by atoms with E-state index in [1.54, 1.807) is 5.38 Å². The predicted octanol–water partition coefficient (Wildman–Crippen LogP) is -2.03. The van der Waals surface area contributed by atoms with Crippen LogP contribution in [-0.2, 0) is 4.74 Å². The van der Waals surface area contributed by atoms with Crippen molar-refractivity contribution in [1.29, 1.82) is 0 Å². The van der Waals surface area contributed by atoms with E-state index < -0.39 is 36.7 Å². The Bertz CT molecular complexity index is 698. The second-order valence-corrected chi connectivity index (χ2v) is 5.37. The number of thiazole rings is 1. The van der Waals surface area contributed by atoms with Gasteiger partial charge < -0.3 is 25.2 Å². The molecule has 0 saturated carbocycles. The molecule has 3 rings (SSSR count). The molecule has 4 atom stereocenters. The smallest absolute Gasteiger partial charge is 0.353 e. The molecular formula is C11H13N2O6S+. The first-order valence-corrected chi connectivity index (χ1v) is 6.78. The van der Waals surface area contributed by atoms with Gasteiger partial charge in [-0.05, 0) is 0 Å². The zero-order chi connectivity index (χ0) is 14.4. The fraction of sp³-hybridized carbons (Fsp3) is 0.455. The minimum Gasteiger partial charge on any atom is -0.477 e. The third-order valence-corrected chi connectivity index (χ3v) is 4.17. The van der Waals surface area contributed by atoms with Crippen LogP contribution in [0.25, 0.3) is 4.96 Å². The van der Waals surface area contributed by atoms with Crippen LogP contribution >= 0.6 is 11.3 Å². The van der Waals surface area contributed by atoms with Gasteiger partial charge in [-0.1, -0.05) is 11.3 Å². The molecule has 8 nitrogen and oxygen atoms in total. The van der Waals surface area contributed by atoms with Crippen molar-refractivity contribution in [3.63, 3.8) is 0 Å². The van der Waals surface area contributed by atoms with Gasteiger partial charge in [-0.3, -0.25) is 0 Å². The van der Waals surface area contributed by atoms with E-state index in [1.807, 2.05) is 0 Å². The van der Waals surface area contributed by atoms with E-state index in [4.69, 9.17) is 9.84 Å². The zero-order valence-electron chi connectivity index (χ0n) is 10.2. The average Bonchev–Trinajstić information content (AvgIpc) is 2.99. The first-order chi connectivity index (χ1) is 9.54. The molecule has 9 heteroatoms. The average molecular weight is 301 g/mol. The Balaban J connectivity index is 2.16. The summed E-state index contributed by atoms with van der Waals surface area (Å²) in [5, 5.41) is 40.4. The molecule has 3 heterocycles. The molecule has 1 fully saturated rings. The van der Waals surface area contributed by atoms with Crippen molar-refractivity contribution in [3.8, 4) is 5.88 Å². The molecule has 4 N–H and O–H groups in total. The van der Waals surface area contributed by atoms with E-state index in [2.05, 4.69) is 0 Å². The monoisotopic (exact) mass is 301 g/mol. The van der Waals surface area contributed by atoms with Gasteiger partial charge in [0.15, 0.2) is 0 Å². The molecule has 0 amide bonds. The van der Waals surface area contributed by atoms with Gasteiger partial charge in [-0.25, -0.2) is 4.79 Å². The van der Waals surface area contributed by atoms with Crippen LogP contribution in [0.2, 0.25) is 0 Å². The van der Waals surface area contributed by atoms with Crippen LogP contribution in [0.15, 0.2) is 22.4 Å². The number of nitrogens with zero attached hydrogens (tertiary/aromatic N) is 2. The highest BCUT2D eigenvalue weighted by molar-refractivity contribution is 7.14. The summed E-state index contributed by atoms with van der Waals surface area (Å²) in [6, 6.07) is 0.994. The molecular weight excluding hydrogens is 288 g/mol. The summed E-state index contributed by atoms with van der Waals surface area (Å²) in [6.07, 6.45) is -3.11. The Morgan fingerprint density at radius 3 is 2.80 bits per heavy atom. The van der Waals surface area contributed by atoms with Crippen LogP contribution in [-0.4, -0.2) is 49.7 Å². The lowest BCUT2D eigenvalue weighted by Gasteiger charge is -2.14. The number of fused-ring (bicyclic) bond motifs is 1. The molecule has 1 aliphatic heterocycles. The summed E-state index contributed by atoms with van der Waals surface area (Å²) in [7, 11) is 0. The number of aliphatic hydroxyl groups is 3. The number of ether oxygens (including phenoxy) is 1. The normalized spacial score (nSPS) is 30.1. The van der Waals surface area contributed by atoms with Gasteiger partial charge in [0.05, 0.1) is 6.61 Å². The number of rotatable bonds is 2. The van der Waals surface area contributed by atoms with Crippen molar-refractivity contribution in [2.45, 2.75) is 24.5 Å². The molecule has 0 aromatic carbocycles. The van der Waals surface area contributed by atoms with E-state index in [-0.39, 0.29) is 5.88 Å². The Kier molecular flexibility index (Phi) is 3.22. The largest absolute Gasteiger partial charge is 0.477 e. The lowest BCUT2D eigenvalue weighted by molar-refractivity contribution is -0.749. The van der Waals surface area contributed by atoms with Crippen LogP contribution in [0.1, 0.15) is 6.23 Å². The van der Waals surface area contributed by atoms with E-state index in [0.29, 0.717) is 4.96 Å². The van der Waals surface area contributed by atoms with Gasteiger partial charge in [0.1, 0.15) is 30.6 Å². The number of aromatic hydroxyl groups is 1. The lowest BCUT2D eigenvalue weighted by Crippen LogP contribution is -2.48. The van der Waals surface area contributed by atoms with Gasteiger partial charge in [0, 0.05) is 5.38 Å². The molecule has 0 bridgehead atoms. The molecule has 0 spiro atoms. The van der Waals surface area contributed by atoms with E-state index in [0.717, 1.165) is 6.07 Å². The predicted molar refractivity (Wildman–Crippen MR) is 66.4 cm³/mol. The first kappa shape index (κ1) is 13.5. The first-order valence-electron chi connectivity index (χ1n) is 5.90. The van der Waals surface area contributed by atoms with Crippen LogP contribution in [0.5, 0.6) is 5.88 Å². The third kappa shape index (κ3) is 1.83. The van der Waals surface area contributed by atoms with Crippen LogP contribution < -0.4 is 10.1 Å². The van der Waals surface area contributed by atoms with Crippen molar-refractivity contribution in [1.82, 2.24) is 4.40 Å². The quantitative estimate of drug-likeness (QED) is 0.475. The Morgan fingerprint density at radius 2 is 2.15 bits per heavy atom. The van der Waals surface area contributed by atoms with Crippen LogP contribution in [0.4, 0.5) is 0 Å². The van der Waals surface area contributed by atoms with Crippen molar-refractivity contribution in [2.75, 3.05) is 6.61 Å². The summed E-state index contributed by atoms with van der Waals surface area (Å²) in [5.41, 5.74) is -0.415. The summed E-state index contributed by atoms with van der Waals surface area (Å²) in [4.78, 5) is 12.0. The maximum absolute atomic E-state index is 11.7. The van der Waals surface area contributed by atoms with Crippen LogP contribution in [0, 0.1) is 0 Å². The molecule has 1 aliphatic rings. The van der Waals surface area contributed by atoms with Crippen molar-refractivity contribution >= 4 is 16.3 Å². The number of hydrogen-bond donors (Lipinski definition) is 4. The minimum absolute atomic E-state index is 0.352. The Morgan fingerprint density at radius 1 is 1.40 bits per heavy atom. The minimum atomic E-state index is -1.33. The van der Waals surface area contributed by atoms with E-state index in [1.165, 1.54) is 26.5 Å². The van der Waals surface area contributed by atoms with E-state index >= 15 is 0 Å². The second-order valence-electron chi connectivity index (χ2n) is 4.50. The maximum Gasteiger partial charge on any atom is 0.353 e. The highest BCUT2D eigenvalue weighted by Gasteiger charge is 2.47. The second kappa shape index (κ2) is 4.79. The fourth-order valence-electron chi connectivity index (χ4n) is 2.29. The molecule has 108 valence electrons. The standard InChI is InChI=1S/C11H12N2O6S/c14-4-5-8(17)9(18)10(19-5)13-7(16)3-6(15)12-1-2-20-11(12)13/h1-3,5,8-10,14,17-18H,4H2/p+1/t5-,8+,9+,10-/m0/s1. The molecule has 1 saturated heterocycles. The molecule has 2 aromatic heterocycles. The SMILES string of the molecule is O=c1cc(O)[n+]([C@H]2O[C@@H](CO)[C@@H](O)[C@H]2O)c2sccn12. The van der Waals surface area contributed by atoms with Gasteiger partial charge >= 0.3 is 10.5 Å². The summed E-state index contributed by atoms with van der Waals surface area (Å²) in [5.74, 6) is -0.382. The van der Waals surface area contributed by atoms with Crippen molar-refractivity contribution in [3.05, 3.63) is 28.0 Å². The zero-order valence-corrected chi connectivity index (χ0v) is 11.0. The van der Waals surface area contributed by atoms with Gasteiger partial charge in [-0.15, -0.1) is 0 Å². The lowest BCUT2D eigenvalue weighted by atomic mass is 10.1. The van der Waals surface area contributed by atoms with Crippen LogP contribution in [0.3, 0.4) is 0 Å². The molecule has 20 heavy (non-hydrogen) atoms. The third-order valence-electron chi connectivity index (χ3n) is 3.30. The molecule has 0 radical (unpaired) electrons.